The fraction of sp³-hybridized carbons (Fsp3) is 0.643. The van der Waals surface area contributed by atoms with Crippen LogP contribution in [0.15, 0.2) is 18.3 Å². The molecule has 0 atom stereocenters. The normalized spacial score (nSPS) is 12.8. The van der Waals surface area contributed by atoms with Gasteiger partial charge in [0.1, 0.15) is 0 Å². The van der Waals surface area contributed by atoms with Crippen LogP contribution in [-0.2, 0) is 17.5 Å². The average Bonchev–Trinajstić information content (AvgIpc) is 2.28. The van der Waals surface area contributed by atoms with Gasteiger partial charge in [-0.1, -0.05) is 26.8 Å². The van der Waals surface area contributed by atoms with Crippen molar-refractivity contribution in [2.75, 3.05) is 6.61 Å². The smallest absolute Gasteiger partial charge is 0.191 e. The maximum Gasteiger partial charge on any atom is 0.191 e. The van der Waals surface area contributed by atoms with Gasteiger partial charge in [-0.15, -0.1) is 0 Å². The summed E-state index contributed by atoms with van der Waals surface area (Å²) in [5.74, 6) is 0. The highest BCUT2D eigenvalue weighted by atomic mass is 28.4. The van der Waals surface area contributed by atoms with E-state index >= 15 is 0 Å². The quantitative estimate of drug-likeness (QED) is 0.833. The molecule has 1 N–H and O–H groups in total. The first kappa shape index (κ1) is 15.3. The molecule has 0 fully saturated rings. The second kappa shape index (κ2) is 5.95. The number of aliphatic hydroxyl groups is 1. The molecule has 0 aliphatic carbocycles. The van der Waals surface area contributed by atoms with Crippen molar-refractivity contribution in [3.8, 4) is 0 Å². The number of pyridine rings is 1. The molecule has 0 saturated heterocycles. The summed E-state index contributed by atoms with van der Waals surface area (Å²) >= 11 is 0. The Morgan fingerprint density at radius 3 is 2.56 bits per heavy atom. The van der Waals surface area contributed by atoms with E-state index in [0.29, 0.717) is 6.61 Å². The first-order valence-electron chi connectivity index (χ1n) is 6.45. The molecule has 3 nitrogen and oxygen atoms in total. The van der Waals surface area contributed by atoms with Gasteiger partial charge < -0.3 is 9.53 Å². The highest BCUT2D eigenvalue weighted by molar-refractivity contribution is 6.74. The standard InChI is InChI=1S/C14H25NO2Si/c1-14(2,3)18(4,5)17-10-8-12-7-6-9-15-13(12)11-16/h6-7,9,16H,8,10-11H2,1-5H3. The molecule has 102 valence electrons. The van der Waals surface area contributed by atoms with Gasteiger partial charge in [0.25, 0.3) is 0 Å². The Kier molecular flexibility index (Phi) is 5.07. The number of rotatable bonds is 5. The van der Waals surface area contributed by atoms with Crippen LogP contribution < -0.4 is 0 Å². The van der Waals surface area contributed by atoms with Crippen molar-refractivity contribution >= 4 is 8.32 Å². The molecule has 1 rings (SSSR count). The summed E-state index contributed by atoms with van der Waals surface area (Å²) in [5, 5.41) is 9.45. The summed E-state index contributed by atoms with van der Waals surface area (Å²) in [6, 6.07) is 3.91. The van der Waals surface area contributed by atoms with E-state index in [1.807, 2.05) is 12.1 Å². The molecule has 0 spiro atoms. The predicted molar refractivity (Wildman–Crippen MR) is 77.0 cm³/mol. The van der Waals surface area contributed by atoms with E-state index in [2.05, 4.69) is 38.8 Å². The van der Waals surface area contributed by atoms with E-state index in [-0.39, 0.29) is 11.6 Å². The fourth-order valence-corrected chi connectivity index (χ4v) is 2.52. The highest BCUT2D eigenvalue weighted by Gasteiger charge is 2.36. The Labute approximate surface area is 111 Å². The van der Waals surface area contributed by atoms with Gasteiger partial charge >= 0.3 is 0 Å². The van der Waals surface area contributed by atoms with Crippen LogP contribution in [0, 0.1) is 0 Å². The summed E-state index contributed by atoms with van der Waals surface area (Å²) in [7, 11) is -1.67. The molecule has 0 aliphatic heterocycles. The molecule has 1 aromatic rings. The van der Waals surface area contributed by atoms with Crippen molar-refractivity contribution in [3.63, 3.8) is 0 Å². The van der Waals surface area contributed by atoms with Gasteiger partial charge in [-0.25, -0.2) is 0 Å². The lowest BCUT2D eigenvalue weighted by Gasteiger charge is -2.36. The van der Waals surface area contributed by atoms with Gasteiger partial charge in [-0.05, 0) is 36.2 Å². The van der Waals surface area contributed by atoms with E-state index in [1.165, 1.54) is 0 Å². The van der Waals surface area contributed by atoms with Crippen molar-refractivity contribution in [3.05, 3.63) is 29.6 Å². The van der Waals surface area contributed by atoms with Gasteiger partial charge in [-0.3, -0.25) is 4.98 Å². The molecule has 0 aliphatic rings. The SMILES string of the molecule is CC(C)(C)[Si](C)(C)OCCc1cccnc1CO. The number of hydrogen-bond acceptors (Lipinski definition) is 3. The molecule has 0 saturated carbocycles. The fourth-order valence-electron chi connectivity index (χ4n) is 1.47. The van der Waals surface area contributed by atoms with Crippen molar-refractivity contribution in [2.45, 2.75) is 51.9 Å². The lowest BCUT2D eigenvalue weighted by molar-refractivity contribution is 0.270. The second-order valence-corrected chi connectivity index (χ2v) is 10.9. The maximum atomic E-state index is 9.21. The highest BCUT2D eigenvalue weighted by Crippen LogP contribution is 2.36. The minimum atomic E-state index is -1.67. The summed E-state index contributed by atoms with van der Waals surface area (Å²) in [4.78, 5) is 4.17. The predicted octanol–water partition coefficient (Wildman–Crippen LogP) is 3.14. The zero-order chi connectivity index (χ0) is 13.8. The van der Waals surface area contributed by atoms with Gasteiger partial charge in [0.05, 0.1) is 12.3 Å². The molecular formula is C14H25NO2Si. The molecule has 4 heteroatoms. The Morgan fingerprint density at radius 2 is 2.00 bits per heavy atom. The van der Waals surface area contributed by atoms with Gasteiger partial charge in [0.2, 0.25) is 0 Å². The van der Waals surface area contributed by atoms with Crippen LogP contribution in [-0.4, -0.2) is 25.0 Å². The summed E-state index contributed by atoms with van der Waals surface area (Å²) < 4.78 is 6.13. The molecule has 18 heavy (non-hydrogen) atoms. The topological polar surface area (TPSA) is 42.4 Å². The third-order valence-corrected chi connectivity index (χ3v) is 8.31. The van der Waals surface area contributed by atoms with Gasteiger partial charge in [-0.2, -0.15) is 0 Å². The average molecular weight is 267 g/mol. The molecular weight excluding hydrogens is 242 g/mol. The first-order valence-corrected chi connectivity index (χ1v) is 9.36. The zero-order valence-electron chi connectivity index (χ0n) is 12.2. The molecule has 0 unspecified atom stereocenters. The third kappa shape index (κ3) is 3.90. The number of hydrogen-bond donors (Lipinski definition) is 1. The van der Waals surface area contributed by atoms with E-state index in [9.17, 15) is 5.11 Å². The van der Waals surface area contributed by atoms with Crippen LogP contribution in [0.3, 0.4) is 0 Å². The Morgan fingerprint density at radius 1 is 1.33 bits per heavy atom. The van der Waals surface area contributed by atoms with Gasteiger partial charge in [0.15, 0.2) is 8.32 Å². The van der Waals surface area contributed by atoms with E-state index in [0.717, 1.165) is 17.7 Å². The van der Waals surface area contributed by atoms with E-state index in [1.54, 1.807) is 6.20 Å². The molecule has 1 aromatic heterocycles. The Hall–Kier alpha value is -0.713. The molecule has 0 amide bonds. The molecule has 0 radical (unpaired) electrons. The first-order chi connectivity index (χ1) is 8.28. The minimum absolute atomic E-state index is 0.00370. The van der Waals surface area contributed by atoms with Crippen molar-refractivity contribution in [1.82, 2.24) is 4.98 Å². The van der Waals surface area contributed by atoms with Gasteiger partial charge in [0, 0.05) is 12.8 Å². The van der Waals surface area contributed by atoms with E-state index < -0.39 is 8.32 Å². The summed E-state index contributed by atoms with van der Waals surface area (Å²) in [6.07, 6.45) is 2.53. The van der Waals surface area contributed by atoms with Crippen molar-refractivity contribution in [1.29, 1.82) is 0 Å². The van der Waals surface area contributed by atoms with Crippen molar-refractivity contribution in [2.24, 2.45) is 0 Å². The molecule has 1 heterocycles. The Balaban J connectivity index is 2.57. The minimum Gasteiger partial charge on any atom is -0.416 e. The summed E-state index contributed by atoms with van der Waals surface area (Å²) in [5.41, 5.74) is 1.84. The number of aromatic nitrogens is 1. The third-order valence-electron chi connectivity index (χ3n) is 3.77. The number of nitrogens with zero attached hydrogens (tertiary/aromatic N) is 1. The largest absolute Gasteiger partial charge is 0.416 e. The van der Waals surface area contributed by atoms with Crippen molar-refractivity contribution < 1.29 is 9.53 Å². The van der Waals surface area contributed by atoms with Crippen LogP contribution in [0.25, 0.3) is 0 Å². The van der Waals surface area contributed by atoms with Crippen LogP contribution in [0.4, 0.5) is 0 Å². The lowest BCUT2D eigenvalue weighted by Crippen LogP contribution is -2.41. The Bertz CT molecular complexity index is 386. The zero-order valence-corrected chi connectivity index (χ0v) is 13.2. The summed E-state index contributed by atoms with van der Waals surface area (Å²) in [6.45, 7) is 11.9. The molecule has 0 aromatic carbocycles. The maximum absolute atomic E-state index is 9.21. The van der Waals surface area contributed by atoms with E-state index in [4.69, 9.17) is 4.43 Å². The van der Waals surface area contributed by atoms with Crippen LogP contribution in [0.5, 0.6) is 0 Å². The lowest BCUT2D eigenvalue weighted by atomic mass is 10.1. The van der Waals surface area contributed by atoms with Crippen LogP contribution in [0.2, 0.25) is 18.1 Å². The monoisotopic (exact) mass is 267 g/mol. The van der Waals surface area contributed by atoms with Crippen LogP contribution >= 0.6 is 0 Å². The molecule has 0 bridgehead atoms. The number of aliphatic hydroxyl groups excluding tert-OH is 1. The second-order valence-electron chi connectivity index (χ2n) is 6.13. The van der Waals surface area contributed by atoms with Crippen LogP contribution in [0.1, 0.15) is 32.0 Å².